The second kappa shape index (κ2) is 13.0. The van der Waals surface area contributed by atoms with E-state index in [2.05, 4.69) is 9.80 Å². The van der Waals surface area contributed by atoms with Crippen LogP contribution in [0.1, 0.15) is 15.9 Å². The molecule has 4 rings (SSSR count). The largest absolute Gasteiger partial charge is 0.497 e. The Hall–Kier alpha value is -2.72. The summed E-state index contributed by atoms with van der Waals surface area (Å²) in [7, 11) is 3.29. The maximum atomic E-state index is 13.9. The van der Waals surface area contributed by atoms with Crippen LogP contribution < -0.4 is 9.47 Å². The third kappa shape index (κ3) is 7.16. The van der Waals surface area contributed by atoms with Gasteiger partial charge in [0.1, 0.15) is 17.3 Å². The highest BCUT2D eigenvalue weighted by Crippen LogP contribution is 2.26. The van der Waals surface area contributed by atoms with Crippen molar-refractivity contribution in [1.29, 1.82) is 0 Å². The van der Waals surface area contributed by atoms with Gasteiger partial charge in [0.15, 0.2) is 0 Å². The zero-order valence-electron chi connectivity index (χ0n) is 21.2. The molecular formula is C27H36FN3O5. The number of morpholine rings is 2. The number of carbonyl (C=O) groups excluding carboxylic acids is 1. The van der Waals surface area contributed by atoms with Crippen LogP contribution in [0.3, 0.4) is 0 Å². The van der Waals surface area contributed by atoms with Gasteiger partial charge < -0.3 is 23.8 Å². The molecule has 2 saturated heterocycles. The standard InChI is InChI=1S/C27H36FN3O5/c1-33-24-7-6-22(26(17-24)34-2)18-30-12-15-36-25(19-30)20-31(9-8-29-10-13-35-14-11-29)27(32)21-4-3-5-23(28)16-21/h3-7,16-17,25H,8-15,18-20H2,1-2H3. The van der Waals surface area contributed by atoms with Crippen molar-refractivity contribution in [2.75, 3.05) is 79.9 Å². The molecule has 8 nitrogen and oxygen atoms in total. The van der Waals surface area contributed by atoms with E-state index in [-0.39, 0.29) is 12.0 Å². The Morgan fingerprint density at radius 1 is 1.06 bits per heavy atom. The van der Waals surface area contributed by atoms with Gasteiger partial charge in [0.25, 0.3) is 5.91 Å². The van der Waals surface area contributed by atoms with Crippen molar-refractivity contribution in [3.05, 3.63) is 59.4 Å². The quantitative estimate of drug-likeness (QED) is 0.496. The van der Waals surface area contributed by atoms with Gasteiger partial charge in [-0.1, -0.05) is 12.1 Å². The highest BCUT2D eigenvalue weighted by atomic mass is 19.1. The fraction of sp³-hybridized carbons (Fsp3) is 0.519. The third-order valence-electron chi connectivity index (χ3n) is 6.68. The molecule has 1 amide bonds. The highest BCUT2D eigenvalue weighted by Gasteiger charge is 2.27. The SMILES string of the molecule is COc1ccc(CN2CCOC(CN(CCN3CCOCC3)C(=O)c3cccc(F)c3)C2)c(OC)c1. The first-order valence-electron chi connectivity index (χ1n) is 12.5. The fourth-order valence-electron chi connectivity index (χ4n) is 4.67. The van der Waals surface area contributed by atoms with Crippen LogP contribution in [0.2, 0.25) is 0 Å². The number of carbonyl (C=O) groups is 1. The second-order valence-corrected chi connectivity index (χ2v) is 9.12. The fourth-order valence-corrected chi connectivity index (χ4v) is 4.67. The predicted molar refractivity (Wildman–Crippen MR) is 134 cm³/mol. The van der Waals surface area contributed by atoms with Crippen molar-refractivity contribution in [2.45, 2.75) is 12.6 Å². The summed E-state index contributed by atoms with van der Waals surface area (Å²) >= 11 is 0. The van der Waals surface area contributed by atoms with E-state index in [0.29, 0.717) is 51.6 Å². The first-order chi connectivity index (χ1) is 17.6. The summed E-state index contributed by atoms with van der Waals surface area (Å²) in [5.74, 6) is 0.941. The van der Waals surface area contributed by atoms with Crippen molar-refractivity contribution in [3.63, 3.8) is 0 Å². The normalized spacial score (nSPS) is 19.1. The van der Waals surface area contributed by atoms with E-state index in [1.807, 2.05) is 18.2 Å². The Morgan fingerprint density at radius 3 is 2.61 bits per heavy atom. The predicted octanol–water partition coefficient (Wildman–Crippen LogP) is 2.52. The molecule has 0 saturated carbocycles. The van der Waals surface area contributed by atoms with E-state index in [1.54, 1.807) is 31.3 Å². The lowest BCUT2D eigenvalue weighted by Crippen LogP contribution is -2.50. The van der Waals surface area contributed by atoms with Crippen LogP contribution in [0, 0.1) is 5.82 Å². The molecule has 196 valence electrons. The molecule has 2 aliphatic heterocycles. The lowest BCUT2D eigenvalue weighted by Gasteiger charge is -2.37. The maximum absolute atomic E-state index is 13.9. The number of nitrogens with zero attached hydrogens (tertiary/aromatic N) is 3. The molecule has 2 aromatic carbocycles. The van der Waals surface area contributed by atoms with Crippen LogP contribution in [-0.4, -0.2) is 107 Å². The van der Waals surface area contributed by atoms with Gasteiger partial charge in [0.2, 0.25) is 0 Å². The number of halogens is 1. The van der Waals surface area contributed by atoms with Crippen molar-refractivity contribution in [2.24, 2.45) is 0 Å². The molecule has 1 unspecified atom stereocenters. The van der Waals surface area contributed by atoms with Gasteiger partial charge in [-0.3, -0.25) is 14.6 Å². The molecular weight excluding hydrogens is 465 g/mol. The van der Waals surface area contributed by atoms with Crippen molar-refractivity contribution < 1.29 is 28.1 Å². The molecule has 36 heavy (non-hydrogen) atoms. The monoisotopic (exact) mass is 501 g/mol. The molecule has 0 N–H and O–H groups in total. The minimum absolute atomic E-state index is 0.148. The second-order valence-electron chi connectivity index (χ2n) is 9.12. The van der Waals surface area contributed by atoms with E-state index >= 15 is 0 Å². The van der Waals surface area contributed by atoms with Gasteiger partial charge in [-0.2, -0.15) is 0 Å². The van der Waals surface area contributed by atoms with E-state index in [1.165, 1.54) is 12.1 Å². The van der Waals surface area contributed by atoms with Crippen LogP contribution in [0.4, 0.5) is 4.39 Å². The molecule has 2 fully saturated rings. The molecule has 0 spiro atoms. The van der Waals surface area contributed by atoms with Gasteiger partial charge >= 0.3 is 0 Å². The number of methoxy groups -OCH3 is 2. The van der Waals surface area contributed by atoms with Crippen molar-refractivity contribution >= 4 is 5.91 Å². The summed E-state index contributed by atoms with van der Waals surface area (Å²) < 4.78 is 36.2. The van der Waals surface area contributed by atoms with E-state index in [0.717, 1.165) is 43.2 Å². The minimum Gasteiger partial charge on any atom is -0.497 e. The summed E-state index contributed by atoms with van der Waals surface area (Å²) in [6.07, 6.45) is -0.148. The summed E-state index contributed by atoms with van der Waals surface area (Å²) in [5, 5.41) is 0. The lowest BCUT2D eigenvalue weighted by atomic mass is 10.1. The highest BCUT2D eigenvalue weighted by molar-refractivity contribution is 5.94. The summed E-state index contributed by atoms with van der Waals surface area (Å²) in [4.78, 5) is 19.8. The number of benzene rings is 2. The van der Waals surface area contributed by atoms with Crippen LogP contribution in [0.25, 0.3) is 0 Å². The number of amides is 1. The Balaban J connectivity index is 1.42. The Kier molecular flexibility index (Phi) is 9.52. The molecule has 0 radical (unpaired) electrons. The van der Waals surface area contributed by atoms with Gasteiger partial charge in [-0.05, 0) is 24.3 Å². The van der Waals surface area contributed by atoms with Gasteiger partial charge in [-0.25, -0.2) is 4.39 Å². The molecule has 2 heterocycles. The number of ether oxygens (including phenoxy) is 4. The van der Waals surface area contributed by atoms with Crippen molar-refractivity contribution in [3.8, 4) is 11.5 Å². The van der Waals surface area contributed by atoms with Crippen LogP contribution in [-0.2, 0) is 16.0 Å². The van der Waals surface area contributed by atoms with Crippen molar-refractivity contribution in [1.82, 2.24) is 14.7 Å². The molecule has 0 aliphatic carbocycles. The van der Waals surface area contributed by atoms with Gasteiger partial charge in [-0.15, -0.1) is 0 Å². The number of rotatable bonds is 10. The van der Waals surface area contributed by atoms with Crippen LogP contribution >= 0.6 is 0 Å². The topological polar surface area (TPSA) is 63.7 Å². The third-order valence-corrected chi connectivity index (χ3v) is 6.68. The summed E-state index contributed by atoms with van der Waals surface area (Å²) in [6.45, 7) is 7.57. The molecule has 9 heteroatoms. The molecule has 0 bridgehead atoms. The Bertz CT molecular complexity index is 1000. The minimum atomic E-state index is -0.414. The molecule has 2 aliphatic rings. The van der Waals surface area contributed by atoms with Crippen LogP contribution in [0.15, 0.2) is 42.5 Å². The van der Waals surface area contributed by atoms with Gasteiger partial charge in [0.05, 0.1) is 40.1 Å². The average Bonchev–Trinajstić information content (AvgIpc) is 2.91. The zero-order chi connectivity index (χ0) is 25.3. The molecule has 0 aromatic heterocycles. The summed E-state index contributed by atoms with van der Waals surface area (Å²) in [5.41, 5.74) is 1.42. The van der Waals surface area contributed by atoms with E-state index in [9.17, 15) is 9.18 Å². The Labute approximate surface area is 212 Å². The van der Waals surface area contributed by atoms with E-state index < -0.39 is 5.82 Å². The Morgan fingerprint density at radius 2 is 1.86 bits per heavy atom. The first kappa shape index (κ1) is 26.3. The number of hydrogen-bond donors (Lipinski definition) is 0. The summed E-state index contributed by atoms with van der Waals surface area (Å²) in [6, 6.07) is 11.7. The zero-order valence-corrected chi connectivity index (χ0v) is 21.2. The first-order valence-corrected chi connectivity index (χ1v) is 12.5. The maximum Gasteiger partial charge on any atom is 0.254 e. The lowest BCUT2D eigenvalue weighted by molar-refractivity contribution is -0.0444. The molecule has 2 aromatic rings. The number of hydrogen-bond acceptors (Lipinski definition) is 7. The molecule has 1 atom stereocenters. The van der Waals surface area contributed by atoms with Gasteiger partial charge in [0, 0.05) is 69.6 Å². The average molecular weight is 502 g/mol. The van der Waals surface area contributed by atoms with Crippen LogP contribution in [0.5, 0.6) is 11.5 Å². The smallest absolute Gasteiger partial charge is 0.254 e. The van der Waals surface area contributed by atoms with E-state index in [4.69, 9.17) is 18.9 Å².